The van der Waals surface area contributed by atoms with Crippen molar-refractivity contribution in [3.05, 3.63) is 59.4 Å². The predicted octanol–water partition coefficient (Wildman–Crippen LogP) is 3.73. The molecular weight excluding hydrogens is 329 g/mol. The van der Waals surface area contributed by atoms with E-state index in [1.54, 1.807) is 24.3 Å². The highest BCUT2D eigenvalue weighted by molar-refractivity contribution is 7.92. The Balaban J connectivity index is 2.05. The van der Waals surface area contributed by atoms with Crippen molar-refractivity contribution in [2.45, 2.75) is 31.1 Å². The first-order valence-electron chi connectivity index (χ1n) is 7.76. The van der Waals surface area contributed by atoms with Crippen LogP contribution < -0.4 is 4.31 Å². The number of sulfonamides is 1. The molecule has 0 amide bonds. The summed E-state index contributed by atoms with van der Waals surface area (Å²) >= 11 is 0. The van der Waals surface area contributed by atoms with E-state index < -0.39 is 15.8 Å². The quantitative estimate of drug-likeness (QED) is 0.850. The second-order valence-corrected chi connectivity index (χ2v) is 8.00. The number of Topliss-reactive ketones (excluding diaryl/α,β-unsaturated/α-hetero) is 1. The van der Waals surface area contributed by atoms with Crippen LogP contribution >= 0.6 is 0 Å². The van der Waals surface area contributed by atoms with Gasteiger partial charge in [-0.3, -0.25) is 9.10 Å². The number of fused-ring (bicyclic) bond motifs is 1. The Morgan fingerprint density at radius 1 is 1.08 bits per heavy atom. The lowest BCUT2D eigenvalue weighted by molar-refractivity contribution is 0.0981. The van der Waals surface area contributed by atoms with E-state index in [1.165, 1.54) is 16.4 Å². The van der Waals surface area contributed by atoms with Gasteiger partial charge in [0.1, 0.15) is 5.82 Å². The molecule has 0 unspecified atom stereocenters. The molecule has 0 radical (unpaired) electrons. The van der Waals surface area contributed by atoms with Gasteiger partial charge in [0.05, 0.1) is 10.6 Å². The monoisotopic (exact) mass is 347 g/mol. The molecule has 4 nitrogen and oxygen atoms in total. The zero-order chi connectivity index (χ0) is 17.5. The van der Waals surface area contributed by atoms with Crippen molar-refractivity contribution in [3.8, 4) is 0 Å². The topological polar surface area (TPSA) is 54.5 Å². The second-order valence-electron chi connectivity index (χ2n) is 6.14. The van der Waals surface area contributed by atoms with Gasteiger partial charge in [-0.15, -0.1) is 0 Å². The van der Waals surface area contributed by atoms with Crippen molar-refractivity contribution < 1.29 is 17.6 Å². The van der Waals surface area contributed by atoms with Crippen LogP contribution in [0.15, 0.2) is 47.4 Å². The van der Waals surface area contributed by atoms with Crippen molar-refractivity contribution in [1.82, 2.24) is 0 Å². The minimum atomic E-state index is -3.80. The fourth-order valence-electron chi connectivity index (χ4n) is 2.81. The number of anilines is 1. The normalized spacial score (nSPS) is 14.8. The number of rotatable bonds is 3. The van der Waals surface area contributed by atoms with Crippen molar-refractivity contribution in [1.29, 1.82) is 0 Å². The van der Waals surface area contributed by atoms with Crippen LogP contribution in [0, 0.1) is 5.82 Å². The van der Waals surface area contributed by atoms with Crippen LogP contribution in [0.3, 0.4) is 0 Å². The van der Waals surface area contributed by atoms with Crippen molar-refractivity contribution >= 4 is 21.5 Å². The number of hydrogen-bond acceptors (Lipinski definition) is 3. The minimum Gasteiger partial charge on any atom is -0.294 e. The molecule has 0 aliphatic carbocycles. The summed E-state index contributed by atoms with van der Waals surface area (Å²) in [5.41, 5.74) is 1.40. The molecule has 24 heavy (non-hydrogen) atoms. The van der Waals surface area contributed by atoms with E-state index in [0.717, 1.165) is 11.6 Å². The van der Waals surface area contributed by atoms with Gasteiger partial charge in [0.25, 0.3) is 10.0 Å². The van der Waals surface area contributed by atoms with Gasteiger partial charge in [0, 0.05) is 18.5 Å². The summed E-state index contributed by atoms with van der Waals surface area (Å²) in [7, 11) is -3.80. The number of benzene rings is 2. The van der Waals surface area contributed by atoms with Gasteiger partial charge >= 0.3 is 0 Å². The maximum atomic E-state index is 13.4. The molecule has 0 spiro atoms. The Morgan fingerprint density at radius 3 is 2.38 bits per heavy atom. The lowest BCUT2D eigenvalue weighted by Crippen LogP contribution is -2.37. The molecule has 0 atom stereocenters. The number of carbonyl (C=O) groups is 1. The molecule has 1 aliphatic heterocycles. The highest BCUT2D eigenvalue weighted by atomic mass is 32.2. The molecule has 0 saturated carbocycles. The molecule has 0 fully saturated rings. The molecule has 0 N–H and O–H groups in total. The average molecular weight is 347 g/mol. The maximum Gasteiger partial charge on any atom is 0.264 e. The molecule has 2 aromatic carbocycles. The van der Waals surface area contributed by atoms with E-state index in [1.807, 2.05) is 13.8 Å². The summed E-state index contributed by atoms with van der Waals surface area (Å²) in [6, 6.07) is 10.3. The first-order valence-corrected chi connectivity index (χ1v) is 9.20. The molecular formula is C18H18FNO3S. The van der Waals surface area contributed by atoms with E-state index >= 15 is 0 Å². The van der Waals surface area contributed by atoms with Gasteiger partial charge in [-0.05, 0) is 41.8 Å². The van der Waals surface area contributed by atoms with Crippen LogP contribution in [-0.4, -0.2) is 20.7 Å². The molecule has 1 aliphatic rings. The van der Waals surface area contributed by atoms with E-state index in [-0.39, 0.29) is 34.9 Å². The minimum absolute atomic E-state index is 0.0414. The molecule has 6 heteroatoms. The standard InChI is InChI=1S/C18H18FNO3S/c1-12(2)13-3-6-15(7-4-13)24(22,23)20-10-9-18(21)16-11-14(19)5-8-17(16)20/h3-8,11-12H,9-10H2,1-2H3. The Hall–Kier alpha value is -2.21. The summed E-state index contributed by atoms with van der Waals surface area (Å²) in [4.78, 5) is 12.1. The van der Waals surface area contributed by atoms with Crippen LogP contribution in [0.2, 0.25) is 0 Å². The number of carbonyl (C=O) groups excluding carboxylic acids is 1. The number of hydrogen-bond donors (Lipinski definition) is 0. The van der Waals surface area contributed by atoms with Crippen LogP contribution in [0.1, 0.15) is 42.1 Å². The maximum absolute atomic E-state index is 13.4. The Bertz CT molecular complexity index is 889. The molecule has 0 saturated heterocycles. The van der Waals surface area contributed by atoms with Crippen molar-refractivity contribution in [3.63, 3.8) is 0 Å². The summed E-state index contributed by atoms with van der Waals surface area (Å²) in [6.45, 7) is 4.13. The molecule has 0 aromatic heterocycles. The summed E-state index contributed by atoms with van der Waals surface area (Å²) < 4.78 is 40.5. The second kappa shape index (κ2) is 6.02. The van der Waals surface area contributed by atoms with Crippen LogP contribution in [-0.2, 0) is 10.0 Å². The fourth-order valence-corrected chi connectivity index (χ4v) is 4.29. The molecule has 3 rings (SSSR count). The number of nitrogens with zero attached hydrogens (tertiary/aromatic N) is 1. The van der Waals surface area contributed by atoms with Gasteiger partial charge in [-0.25, -0.2) is 12.8 Å². The molecule has 126 valence electrons. The lowest BCUT2D eigenvalue weighted by atomic mass is 10.0. The lowest BCUT2D eigenvalue weighted by Gasteiger charge is -2.29. The number of halogens is 1. The van der Waals surface area contributed by atoms with Gasteiger partial charge < -0.3 is 0 Å². The van der Waals surface area contributed by atoms with Crippen LogP contribution in [0.25, 0.3) is 0 Å². The Morgan fingerprint density at radius 2 is 1.75 bits per heavy atom. The Labute approximate surface area is 141 Å². The van der Waals surface area contributed by atoms with Gasteiger partial charge in [-0.1, -0.05) is 26.0 Å². The zero-order valence-electron chi connectivity index (χ0n) is 13.5. The number of ketones is 1. The van der Waals surface area contributed by atoms with E-state index in [0.29, 0.717) is 5.92 Å². The van der Waals surface area contributed by atoms with Gasteiger partial charge in [0.2, 0.25) is 0 Å². The fraction of sp³-hybridized carbons (Fsp3) is 0.278. The third kappa shape index (κ3) is 2.82. The summed E-state index contributed by atoms with van der Waals surface area (Å²) in [5.74, 6) is -0.494. The summed E-state index contributed by atoms with van der Waals surface area (Å²) in [6.07, 6.45) is 0.0414. The first-order chi connectivity index (χ1) is 11.3. The average Bonchev–Trinajstić information content (AvgIpc) is 2.55. The third-order valence-corrected chi connectivity index (χ3v) is 6.03. The Kier molecular flexibility index (Phi) is 4.17. The third-order valence-electron chi connectivity index (χ3n) is 4.20. The smallest absolute Gasteiger partial charge is 0.264 e. The molecule has 1 heterocycles. The van der Waals surface area contributed by atoms with Crippen LogP contribution in [0.5, 0.6) is 0 Å². The van der Waals surface area contributed by atoms with Gasteiger partial charge in [-0.2, -0.15) is 0 Å². The van der Waals surface area contributed by atoms with Gasteiger partial charge in [0.15, 0.2) is 5.78 Å². The zero-order valence-corrected chi connectivity index (χ0v) is 14.3. The molecule has 2 aromatic rings. The largest absolute Gasteiger partial charge is 0.294 e. The van der Waals surface area contributed by atoms with Crippen molar-refractivity contribution in [2.75, 3.05) is 10.8 Å². The van der Waals surface area contributed by atoms with E-state index in [2.05, 4.69) is 0 Å². The van der Waals surface area contributed by atoms with E-state index in [9.17, 15) is 17.6 Å². The predicted molar refractivity (Wildman–Crippen MR) is 90.4 cm³/mol. The summed E-state index contributed by atoms with van der Waals surface area (Å²) in [5, 5.41) is 0. The SMILES string of the molecule is CC(C)c1ccc(S(=O)(=O)N2CCC(=O)c3cc(F)ccc32)cc1. The van der Waals surface area contributed by atoms with E-state index in [4.69, 9.17) is 0 Å². The highest BCUT2D eigenvalue weighted by Crippen LogP contribution is 2.32. The molecule has 0 bridgehead atoms. The highest BCUT2D eigenvalue weighted by Gasteiger charge is 2.32. The first kappa shape index (κ1) is 16.6. The van der Waals surface area contributed by atoms with Crippen molar-refractivity contribution in [2.24, 2.45) is 0 Å². The van der Waals surface area contributed by atoms with Crippen LogP contribution in [0.4, 0.5) is 10.1 Å².